The molecule has 1 N–H and O–H groups in total. The highest BCUT2D eigenvalue weighted by atomic mass is 32.2. The van der Waals surface area contributed by atoms with E-state index >= 15 is 0 Å². The number of nitro groups is 1. The van der Waals surface area contributed by atoms with Crippen LogP contribution in [0.3, 0.4) is 0 Å². The molecular formula is C14H12N2O5S2. The molecule has 0 aliphatic carbocycles. The van der Waals surface area contributed by atoms with Gasteiger partial charge in [-0.15, -0.1) is 0 Å². The van der Waals surface area contributed by atoms with E-state index in [4.69, 9.17) is 17.3 Å². The van der Waals surface area contributed by atoms with Crippen molar-refractivity contribution in [1.29, 1.82) is 0 Å². The molecule has 0 unspecified atom stereocenters. The first-order valence-corrected chi connectivity index (χ1v) is 7.74. The maximum Gasteiger partial charge on any atom is 0.305 e. The molecule has 7 nitrogen and oxygen atoms in total. The van der Waals surface area contributed by atoms with Crippen molar-refractivity contribution in [3.05, 3.63) is 44.3 Å². The molecule has 2 rings (SSSR count). The molecule has 1 amide bonds. The molecule has 1 heterocycles. The van der Waals surface area contributed by atoms with Gasteiger partial charge in [-0.25, -0.2) is 0 Å². The van der Waals surface area contributed by atoms with E-state index < -0.39 is 10.9 Å². The summed E-state index contributed by atoms with van der Waals surface area (Å²) in [5, 5.41) is 19.6. The summed E-state index contributed by atoms with van der Waals surface area (Å²) in [5.74, 6) is -1.40. The minimum atomic E-state index is -1.02. The maximum absolute atomic E-state index is 12.2. The van der Waals surface area contributed by atoms with E-state index in [9.17, 15) is 19.7 Å². The van der Waals surface area contributed by atoms with Crippen molar-refractivity contribution in [2.75, 3.05) is 6.54 Å². The summed E-state index contributed by atoms with van der Waals surface area (Å²) in [7, 11) is 0. The van der Waals surface area contributed by atoms with Gasteiger partial charge in [-0.2, -0.15) is 0 Å². The van der Waals surface area contributed by atoms with Crippen LogP contribution in [0.2, 0.25) is 0 Å². The number of hydrogen-bond donors (Lipinski definition) is 1. The molecule has 0 atom stereocenters. The van der Waals surface area contributed by atoms with Crippen molar-refractivity contribution in [1.82, 2.24) is 4.90 Å². The number of thiocarbonyl (C=S) groups is 1. The van der Waals surface area contributed by atoms with Crippen LogP contribution in [0.15, 0.2) is 23.1 Å². The quantitative estimate of drug-likeness (QED) is 0.376. The number of carboxylic acids is 1. The number of hydrogen-bond acceptors (Lipinski definition) is 6. The number of aliphatic carboxylic acids is 1. The van der Waals surface area contributed by atoms with Crippen molar-refractivity contribution in [3.8, 4) is 0 Å². The van der Waals surface area contributed by atoms with Gasteiger partial charge >= 0.3 is 5.97 Å². The largest absolute Gasteiger partial charge is 0.481 e. The monoisotopic (exact) mass is 352 g/mol. The Hall–Kier alpha value is -2.26. The van der Waals surface area contributed by atoms with Crippen molar-refractivity contribution < 1.29 is 19.6 Å². The van der Waals surface area contributed by atoms with Gasteiger partial charge in [0.05, 0.1) is 16.2 Å². The van der Waals surface area contributed by atoms with Gasteiger partial charge in [-0.05, 0) is 18.6 Å². The number of nitrogens with zero attached hydrogens (tertiary/aromatic N) is 2. The van der Waals surface area contributed by atoms with Crippen LogP contribution in [0.4, 0.5) is 5.69 Å². The number of carbonyl (C=O) groups excluding carboxylic acids is 1. The SMILES string of the molecule is Cc1ccc(/C=C2/SC(=S)N(CCC(=O)O)C2=O)cc1[N+](=O)[O-]. The van der Waals surface area contributed by atoms with Crippen molar-refractivity contribution in [2.24, 2.45) is 0 Å². The molecule has 0 bridgehead atoms. The van der Waals surface area contributed by atoms with Crippen molar-refractivity contribution in [3.63, 3.8) is 0 Å². The van der Waals surface area contributed by atoms with Crippen LogP contribution in [-0.2, 0) is 9.59 Å². The molecule has 0 saturated carbocycles. The molecule has 0 aromatic heterocycles. The summed E-state index contributed by atoms with van der Waals surface area (Å²) >= 11 is 6.13. The summed E-state index contributed by atoms with van der Waals surface area (Å²) in [6, 6.07) is 4.67. The minimum Gasteiger partial charge on any atom is -0.481 e. The lowest BCUT2D eigenvalue weighted by Gasteiger charge is -2.12. The first kappa shape index (κ1) is 17.1. The van der Waals surface area contributed by atoms with Gasteiger partial charge in [0, 0.05) is 18.2 Å². The summed E-state index contributed by atoms with van der Waals surface area (Å²) in [5.41, 5.74) is 1.02. The summed E-state index contributed by atoms with van der Waals surface area (Å²) in [6.45, 7) is 1.64. The third-order valence-electron chi connectivity index (χ3n) is 3.15. The Morgan fingerprint density at radius 2 is 2.22 bits per heavy atom. The van der Waals surface area contributed by atoms with E-state index in [1.54, 1.807) is 19.1 Å². The van der Waals surface area contributed by atoms with E-state index in [2.05, 4.69) is 0 Å². The van der Waals surface area contributed by atoms with Crippen molar-refractivity contribution in [2.45, 2.75) is 13.3 Å². The van der Waals surface area contributed by atoms with Crippen LogP contribution in [-0.4, -0.2) is 37.7 Å². The fraction of sp³-hybridized carbons (Fsp3) is 0.214. The molecular weight excluding hydrogens is 340 g/mol. The number of rotatable bonds is 5. The maximum atomic E-state index is 12.2. The molecule has 1 aromatic carbocycles. The smallest absolute Gasteiger partial charge is 0.305 e. The predicted molar refractivity (Wildman–Crippen MR) is 90.0 cm³/mol. The fourth-order valence-electron chi connectivity index (χ4n) is 1.96. The Morgan fingerprint density at radius 3 is 2.83 bits per heavy atom. The number of aryl methyl sites for hydroxylation is 1. The lowest BCUT2D eigenvalue weighted by atomic mass is 10.1. The van der Waals surface area contributed by atoms with E-state index in [1.165, 1.54) is 17.0 Å². The zero-order valence-electron chi connectivity index (χ0n) is 12.0. The number of carboxylic acid groups (broad SMARTS) is 1. The van der Waals surface area contributed by atoms with Gasteiger partial charge in [0.25, 0.3) is 11.6 Å². The van der Waals surface area contributed by atoms with Gasteiger partial charge in [0.2, 0.25) is 0 Å². The first-order chi connectivity index (χ1) is 10.8. The van der Waals surface area contributed by atoms with Crippen LogP contribution < -0.4 is 0 Å². The zero-order valence-corrected chi connectivity index (χ0v) is 13.6. The zero-order chi connectivity index (χ0) is 17.1. The van der Waals surface area contributed by atoms with Gasteiger partial charge in [0.1, 0.15) is 4.32 Å². The Labute approximate surface area is 141 Å². The molecule has 1 aliphatic rings. The first-order valence-electron chi connectivity index (χ1n) is 6.52. The molecule has 9 heteroatoms. The topological polar surface area (TPSA) is 101 Å². The van der Waals surface area contributed by atoms with Gasteiger partial charge in [-0.1, -0.05) is 36.1 Å². The Balaban J connectivity index is 2.25. The molecule has 1 aliphatic heterocycles. The van der Waals surface area contributed by atoms with Crippen LogP contribution in [0.1, 0.15) is 17.5 Å². The second-order valence-corrected chi connectivity index (χ2v) is 6.46. The second-order valence-electron chi connectivity index (χ2n) is 4.78. The number of thioether (sulfide) groups is 1. The number of nitro benzene ring substituents is 1. The Kier molecular flexibility index (Phi) is 5.12. The third-order valence-corrected chi connectivity index (χ3v) is 4.53. The van der Waals surface area contributed by atoms with E-state index in [0.717, 1.165) is 11.8 Å². The van der Waals surface area contributed by atoms with Gasteiger partial charge in [0.15, 0.2) is 0 Å². The molecule has 120 valence electrons. The lowest BCUT2D eigenvalue weighted by Crippen LogP contribution is -2.30. The van der Waals surface area contributed by atoms with Gasteiger partial charge in [-0.3, -0.25) is 24.6 Å². The molecule has 1 aromatic rings. The van der Waals surface area contributed by atoms with E-state index in [0.29, 0.717) is 16.0 Å². The molecule has 1 saturated heterocycles. The Morgan fingerprint density at radius 1 is 1.52 bits per heavy atom. The molecule has 0 radical (unpaired) electrons. The standard InChI is InChI=1S/C14H12N2O5S2/c1-8-2-3-9(6-10(8)16(20)21)7-11-13(19)15(14(22)23-11)5-4-12(17)18/h2-3,6-7H,4-5H2,1H3,(H,17,18)/b11-7+. The third kappa shape index (κ3) is 3.93. The van der Waals surface area contributed by atoms with Crippen LogP contribution in [0, 0.1) is 17.0 Å². The number of benzene rings is 1. The minimum absolute atomic E-state index is 0.00534. The number of amides is 1. The predicted octanol–water partition coefficient (Wildman–Crippen LogP) is 2.58. The Bertz CT molecular complexity index is 745. The highest BCUT2D eigenvalue weighted by molar-refractivity contribution is 8.26. The summed E-state index contributed by atoms with van der Waals surface area (Å²) in [6.07, 6.45) is 1.32. The van der Waals surface area contributed by atoms with Crippen LogP contribution >= 0.6 is 24.0 Å². The van der Waals surface area contributed by atoms with E-state index in [-0.39, 0.29) is 28.9 Å². The average Bonchev–Trinajstić information content (AvgIpc) is 2.73. The molecule has 1 fully saturated rings. The van der Waals surface area contributed by atoms with Crippen LogP contribution in [0.5, 0.6) is 0 Å². The average molecular weight is 352 g/mol. The highest BCUT2D eigenvalue weighted by Crippen LogP contribution is 2.33. The second kappa shape index (κ2) is 6.88. The highest BCUT2D eigenvalue weighted by Gasteiger charge is 2.32. The number of carbonyl (C=O) groups is 2. The van der Waals surface area contributed by atoms with Gasteiger partial charge < -0.3 is 5.11 Å². The summed E-state index contributed by atoms with van der Waals surface area (Å²) < 4.78 is 0.282. The fourth-order valence-corrected chi connectivity index (χ4v) is 3.27. The van der Waals surface area contributed by atoms with Crippen LogP contribution in [0.25, 0.3) is 6.08 Å². The lowest BCUT2D eigenvalue weighted by molar-refractivity contribution is -0.385. The van der Waals surface area contributed by atoms with Crippen molar-refractivity contribution >= 4 is 51.9 Å². The normalized spacial score (nSPS) is 16.2. The van der Waals surface area contributed by atoms with E-state index in [1.807, 2.05) is 0 Å². The molecule has 23 heavy (non-hydrogen) atoms. The molecule has 0 spiro atoms. The summed E-state index contributed by atoms with van der Waals surface area (Å²) in [4.78, 5) is 34.9.